The van der Waals surface area contributed by atoms with Crippen molar-refractivity contribution in [2.75, 3.05) is 7.11 Å². The van der Waals surface area contributed by atoms with Crippen LogP contribution in [0.3, 0.4) is 0 Å². The molecule has 0 unspecified atom stereocenters. The number of ether oxygens (including phenoxy) is 1. The quantitative estimate of drug-likeness (QED) is 0.466. The summed E-state index contributed by atoms with van der Waals surface area (Å²) >= 11 is 1.40. The largest absolute Gasteiger partial charge is 0.496 e. The van der Waals surface area contributed by atoms with Gasteiger partial charge in [-0.2, -0.15) is 0 Å². The van der Waals surface area contributed by atoms with Gasteiger partial charge in [-0.1, -0.05) is 53.8 Å². The average molecular weight is 455 g/mol. The van der Waals surface area contributed by atoms with E-state index in [0.717, 1.165) is 46.7 Å². The van der Waals surface area contributed by atoms with E-state index >= 15 is 0 Å². The number of aromatic nitrogens is 1. The van der Waals surface area contributed by atoms with E-state index in [9.17, 15) is 4.79 Å². The van der Waals surface area contributed by atoms with Crippen molar-refractivity contribution in [1.82, 2.24) is 4.57 Å². The highest BCUT2D eigenvalue weighted by Gasteiger charge is 2.33. The minimum absolute atomic E-state index is 0.0610. The summed E-state index contributed by atoms with van der Waals surface area (Å²) in [6.45, 7) is 1.89. The van der Waals surface area contributed by atoms with Crippen LogP contribution in [0.1, 0.15) is 40.7 Å². The molecule has 33 heavy (non-hydrogen) atoms. The number of methoxy groups -OCH3 is 1. The molecule has 164 valence electrons. The van der Waals surface area contributed by atoms with Gasteiger partial charge in [-0.15, -0.1) is 0 Å². The number of allylic oxidation sites excluding steroid dienone is 1. The summed E-state index contributed by atoms with van der Waals surface area (Å²) in [7, 11) is 1.67. The first-order valence-corrected chi connectivity index (χ1v) is 11.8. The number of rotatable bonds is 3. The summed E-state index contributed by atoms with van der Waals surface area (Å²) in [5, 5.41) is 0. The van der Waals surface area contributed by atoms with Gasteiger partial charge in [0.15, 0.2) is 4.80 Å². The summed E-state index contributed by atoms with van der Waals surface area (Å²) < 4.78 is 13.9. The third-order valence-corrected chi connectivity index (χ3v) is 7.32. The monoisotopic (exact) mass is 454 g/mol. The number of nitrogens with zero attached hydrogens (tertiary/aromatic N) is 2. The van der Waals surface area contributed by atoms with E-state index in [2.05, 4.69) is 24.3 Å². The van der Waals surface area contributed by atoms with Crippen molar-refractivity contribution in [2.24, 2.45) is 4.99 Å². The molecule has 2 aliphatic rings. The van der Waals surface area contributed by atoms with E-state index in [-0.39, 0.29) is 11.6 Å². The van der Waals surface area contributed by atoms with Crippen molar-refractivity contribution >= 4 is 23.1 Å². The minimum atomic E-state index is -0.263. The van der Waals surface area contributed by atoms with Crippen molar-refractivity contribution in [3.8, 4) is 5.75 Å². The predicted molar refractivity (Wildman–Crippen MR) is 129 cm³/mol. The zero-order valence-electron chi connectivity index (χ0n) is 18.4. The van der Waals surface area contributed by atoms with Gasteiger partial charge in [0.25, 0.3) is 5.56 Å². The van der Waals surface area contributed by atoms with Crippen molar-refractivity contribution in [3.63, 3.8) is 0 Å². The molecular formula is C27H22N2O3S. The van der Waals surface area contributed by atoms with Crippen LogP contribution in [0, 0.1) is 6.92 Å². The molecule has 0 bridgehead atoms. The third kappa shape index (κ3) is 3.21. The molecule has 2 aromatic carbocycles. The Hall–Kier alpha value is -3.64. The molecule has 0 saturated heterocycles. The van der Waals surface area contributed by atoms with Gasteiger partial charge in [0.2, 0.25) is 0 Å². The Morgan fingerprint density at radius 1 is 1.09 bits per heavy atom. The second-order valence-corrected chi connectivity index (χ2v) is 9.31. The fourth-order valence-corrected chi connectivity index (χ4v) is 5.83. The topological polar surface area (TPSA) is 56.7 Å². The van der Waals surface area contributed by atoms with E-state index in [1.54, 1.807) is 7.11 Å². The number of fused-ring (bicyclic) bond motifs is 3. The van der Waals surface area contributed by atoms with Gasteiger partial charge in [0.05, 0.1) is 23.4 Å². The lowest BCUT2D eigenvalue weighted by atomic mass is 9.83. The molecule has 4 aromatic rings. The van der Waals surface area contributed by atoms with E-state index in [1.165, 1.54) is 16.9 Å². The van der Waals surface area contributed by atoms with Crippen molar-refractivity contribution in [1.29, 1.82) is 0 Å². The first-order valence-electron chi connectivity index (χ1n) is 11.0. The SMILES string of the molecule is COc1ccccc1[C@H]1C2=C(N=c3s/c(=C\c4ccc(C)o4)c(=O)n31)c1ccccc1CC2. The van der Waals surface area contributed by atoms with Crippen molar-refractivity contribution in [3.05, 3.63) is 114 Å². The van der Waals surface area contributed by atoms with E-state index in [1.807, 2.05) is 54.0 Å². The molecule has 1 atom stereocenters. The molecule has 0 spiro atoms. The maximum absolute atomic E-state index is 13.7. The molecule has 0 radical (unpaired) electrons. The zero-order chi connectivity index (χ0) is 22.5. The van der Waals surface area contributed by atoms with Gasteiger partial charge >= 0.3 is 0 Å². The van der Waals surface area contributed by atoms with Crippen molar-refractivity contribution < 1.29 is 9.15 Å². The van der Waals surface area contributed by atoms with Crippen LogP contribution in [0.25, 0.3) is 11.8 Å². The van der Waals surface area contributed by atoms with Crippen molar-refractivity contribution in [2.45, 2.75) is 25.8 Å². The summed E-state index contributed by atoms with van der Waals surface area (Å²) in [5.74, 6) is 2.25. The lowest BCUT2D eigenvalue weighted by Gasteiger charge is -2.31. The Kier molecular flexibility index (Phi) is 4.69. The van der Waals surface area contributed by atoms with Crippen LogP contribution in [0.15, 0.2) is 80.4 Å². The van der Waals surface area contributed by atoms with Gasteiger partial charge < -0.3 is 9.15 Å². The molecule has 0 N–H and O–H groups in total. The zero-order valence-corrected chi connectivity index (χ0v) is 19.2. The lowest BCUT2D eigenvalue weighted by Crippen LogP contribution is -2.38. The molecule has 1 aliphatic heterocycles. The van der Waals surface area contributed by atoms with E-state index in [0.29, 0.717) is 15.1 Å². The number of aryl methyl sites for hydroxylation is 2. The highest BCUT2D eigenvalue weighted by atomic mass is 32.1. The predicted octanol–water partition coefficient (Wildman–Crippen LogP) is 4.23. The number of furan rings is 1. The molecule has 0 amide bonds. The molecular weight excluding hydrogens is 432 g/mol. The number of thiazole rings is 1. The van der Waals surface area contributed by atoms with Crippen LogP contribution in [-0.2, 0) is 6.42 Å². The van der Waals surface area contributed by atoms with Crippen LogP contribution in [0.4, 0.5) is 0 Å². The molecule has 5 nitrogen and oxygen atoms in total. The Balaban J connectivity index is 1.66. The van der Waals surface area contributed by atoms with Crippen LogP contribution in [-0.4, -0.2) is 11.7 Å². The number of hydrogen-bond donors (Lipinski definition) is 0. The minimum Gasteiger partial charge on any atom is -0.496 e. The molecule has 2 aromatic heterocycles. The Bertz CT molecular complexity index is 1600. The highest BCUT2D eigenvalue weighted by Crippen LogP contribution is 2.43. The lowest BCUT2D eigenvalue weighted by molar-refractivity contribution is 0.402. The molecule has 0 fully saturated rings. The standard InChI is InChI=1S/C27H22N2O3S/c1-16-11-13-18(32-16)15-23-26(30)29-25(20-9-5-6-10-22(20)31-2)21-14-12-17-7-3-4-8-19(17)24(21)28-27(29)33-23/h3-11,13,15,25H,12,14H2,1-2H3/b23-15-/t25-/m0/s1. The molecule has 6 heteroatoms. The summed E-state index contributed by atoms with van der Waals surface area (Å²) in [6.07, 6.45) is 3.58. The average Bonchev–Trinajstić information content (AvgIpc) is 3.40. The Labute approximate surface area is 194 Å². The first kappa shape index (κ1) is 20.0. The fourth-order valence-electron chi connectivity index (χ4n) is 4.85. The highest BCUT2D eigenvalue weighted by molar-refractivity contribution is 7.07. The molecule has 3 heterocycles. The maximum Gasteiger partial charge on any atom is 0.271 e. The van der Waals surface area contributed by atoms with Gasteiger partial charge in [-0.3, -0.25) is 9.36 Å². The maximum atomic E-state index is 13.7. The Morgan fingerprint density at radius 2 is 1.91 bits per heavy atom. The first-order chi connectivity index (χ1) is 16.1. The second kappa shape index (κ2) is 7.74. The van der Waals surface area contributed by atoms with Gasteiger partial charge in [0.1, 0.15) is 17.3 Å². The van der Waals surface area contributed by atoms with Crippen LogP contribution in [0.2, 0.25) is 0 Å². The normalized spacial score (nSPS) is 17.3. The van der Waals surface area contributed by atoms with Crippen LogP contribution < -0.4 is 19.6 Å². The van der Waals surface area contributed by atoms with Gasteiger partial charge in [-0.05, 0) is 49.1 Å². The third-order valence-electron chi connectivity index (χ3n) is 6.34. The van der Waals surface area contributed by atoms with Crippen LogP contribution in [0.5, 0.6) is 5.75 Å². The second-order valence-electron chi connectivity index (χ2n) is 8.30. The number of para-hydroxylation sites is 1. The molecule has 6 rings (SSSR count). The van der Waals surface area contributed by atoms with E-state index in [4.69, 9.17) is 14.1 Å². The smallest absolute Gasteiger partial charge is 0.271 e. The van der Waals surface area contributed by atoms with E-state index < -0.39 is 0 Å². The summed E-state index contributed by atoms with van der Waals surface area (Å²) in [6, 6.07) is 19.9. The fraction of sp³-hybridized carbons (Fsp3) is 0.185. The van der Waals surface area contributed by atoms with Gasteiger partial charge in [0, 0.05) is 17.2 Å². The number of benzene rings is 2. The van der Waals surface area contributed by atoms with Gasteiger partial charge in [-0.25, -0.2) is 4.99 Å². The summed E-state index contributed by atoms with van der Waals surface area (Å²) in [4.78, 5) is 19.4. The summed E-state index contributed by atoms with van der Waals surface area (Å²) in [5.41, 5.74) is 5.50. The number of hydrogen-bond acceptors (Lipinski definition) is 5. The molecule has 0 saturated carbocycles. The molecule has 1 aliphatic carbocycles. The van der Waals surface area contributed by atoms with Crippen LogP contribution >= 0.6 is 11.3 Å². The Morgan fingerprint density at radius 3 is 2.73 bits per heavy atom.